The number of amides is 1. The number of carbonyl (C=O) groups excluding carboxylic acids is 1. The number of benzene rings is 1. The Kier molecular flexibility index (Phi) is 4.59. The Hall–Kier alpha value is -1.94. The van der Waals surface area contributed by atoms with E-state index in [9.17, 15) is 4.79 Å². The van der Waals surface area contributed by atoms with E-state index in [1.54, 1.807) is 6.08 Å². The molecule has 0 bridgehead atoms. The van der Waals surface area contributed by atoms with Crippen LogP contribution < -0.4 is 15.8 Å². The molecule has 0 spiro atoms. The number of fused-ring (bicyclic) bond motifs is 1. The van der Waals surface area contributed by atoms with E-state index in [-0.39, 0.29) is 17.1 Å². The number of hydrogen-bond acceptors (Lipinski definition) is 3. The van der Waals surface area contributed by atoms with Gasteiger partial charge in [0.25, 0.3) is 0 Å². The van der Waals surface area contributed by atoms with Gasteiger partial charge in [0.2, 0.25) is 5.91 Å². The van der Waals surface area contributed by atoms with Gasteiger partial charge < -0.3 is 15.8 Å². The van der Waals surface area contributed by atoms with Gasteiger partial charge in [0.15, 0.2) is 0 Å². The highest BCUT2D eigenvalue weighted by atomic mass is 35.5. The number of hydrogen-bond donors (Lipinski definition) is 2. The van der Waals surface area contributed by atoms with Crippen molar-refractivity contribution >= 4 is 17.5 Å². The van der Waals surface area contributed by atoms with E-state index in [1.165, 1.54) is 5.56 Å². The third kappa shape index (κ3) is 3.44. The Morgan fingerprint density at radius 2 is 2.21 bits per heavy atom. The lowest BCUT2D eigenvalue weighted by atomic mass is 9.93. The predicted octanol–water partition coefficient (Wildman–Crippen LogP) is 3.14. The molecule has 1 aliphatic heterocycles. The smallest absolute Gasteiger partial charge is 0.231 e. The summed E-state index contributed by atoms with van der Waals surface area (Å²) < 4.78 is 5.64. The van der Waals surface area contributed by atoms with Gasteiger partial charge in [0, 0.05) is 12.5 Å². The number of carbonyl (C=O) groups is 1. The molecule has 1 amide bonds. The molecule has 5 heteroatoms. The first-order chi connectivity index (χ1) is 11.4. The average Bonchev–Trinajstić information content (AvgIpc) is 3.17. The van der Waals surface area contributed by atoms with Crippen LogP contribution in [-0.2, 0) is 16.6 Å². The van der Waals surface area contributed by atoms with Gasteiger partial charge in [-0.1, -0.05) is 35.4 Å². The third-order valence-corrected chi connectivity index (χ3v) is 4.78. The molecular weight excluding hydrogens is 324 g/mol. The van der Waals surface area contributed by atoms with Crippen LogP contribution in [0.15, 0.2) is 41.1 Å². The summed E-state index contributed by atoms with van der Waals surface area (Å²) in [6.07, 6.45) is 6.32. The second kappa shape index (κ2) is 6.52. The predicted molar refractivity (Wildman–Crippen MR) is 96.0 cm³/mol. The van der Waals surface area contributed by atoms with Crippen LogP contribution in [0.3, 0.4) is 0 Å². The molecule has 1 aromatic carbocycles. The van der Waals surface area contributed by atoms with Crippen LogP contribution in [0.4, 0.5) is 0 Å². The molecule has 3 rings (SSSR count). The number of rotatable bonds is 5. The Balaban J connectivity index is 1.72. The van der Waals surface area contributed by atoms with Gasteiger partial charge in [-0.15, -0.1) is 0 Å². The summed E-state index contributed by atoms with van der Waals surface area (Å²) in [6.45, 7) is 4.58. The summed E-state index contributed by atoms with van der Waals surface area (Å²) in [5.41, 5.74) is 8.26. The molecule has 1 saturated carbocycles. The van der Waals surface area contributed by atoms with Crippen LogP contribution in [0.1, 0.15) is 37.8 Å². The summed E-state index contributed by atoms with van der Waals surface area (Å²) in [4.78, 5) is 12.8. The molecule has 1 unspecified atom stereocenters. The van der Waals surface area contributed by atoms with E-state index >= 15 is 0 Å². The van der Waals surface area contributed by atoms with Crippen LogP contribution in [-0.4, -0.2) is 18.6 Å². The van der Waals surface area contributed by atoms with E-state index in [2.05, 4.69) is 17.4 Å². The van der Waals surface area contributed by atoms with E-state index in [1.807, 2.05) is 26.0 Å². The Morgan fingerprint density at radius 3 is 2.88 bits per heavy atom. The molecule has 3 N–H and O–H groups in total. The minimum Gasteiger partial charge on any atom is -0.493 e. The van der Waals surface area contributed by atoms with Crippen LogP contribution in [0.25, 0.3) is 0 Å². The maximum absolute atomic E-state index is 12.8. The van der Waals surface area contributed by atoms with Gasteiger partial charge in [-0.2, -0.15) is 0 Å². The summed E-state index contributed by atoms with van der Waals surface area (Å²) in [7, 11) is 0. The molecule has 24 heavy (non-hydrogen) atoms. The van der Waals surface area contributed by atoms with Crippen molar-refractivity contribution in [2.24, 2.45) is 5.73 Å². The van der Waals surface area contributed by atoms with Gasteiger partial charge in [-0.05, 0) is 50.0 Å². The van der Waals surface area contributed by atoms with Crippen molar-refractivity contribution in [3.63, 3.8) is 0 Å². The fourth-order valence-corrected chi connectivity index (χ4v) is 3.45. The second-order valence-electron chi connectivity index (χ2n) is 6.71. The zero-order valence-corrected chi connectivity index (χ0v) is 14.8. The van der Waals surface area contributed by atoms with Crippen molar-refractivity contribution in [2.45, 2.75) is 44.6 Å². The van der Waals surface area contributed by atoms with Crippen molar-refractivity contribution in [3.05, 3.63) is 52.2 Å². The zero-order chi connectivity index (χ0) is 17.3. The van der Waals surface area contributed by atoms with Crippen LogP contribution in [0.5, 0.6) is 5.75 Å². The molecule has 1 fully saturated rings. The topological polar surface area (TPSA) is 64.3 Å². The highest BCUT2D eigenvalue weighted by Crippen LogP contribution is 2.49. The lowest BCUT2D eigenvalue weighted by Gasteiger charge is -2.19. The molecule has 1 atom stereocenters. The van der Waals surface area contributed by atoms with Crippen molar-refractivity contribution in [2.75, 3.05) is 6.61 Å². The lowest BCUT2D eigenvalue weighted by molar-refractivity contribution is -0.123. The van der Waals surface area contributed by atoms with Crippen molar-refractivity contribution in [3.8, 4) is 5.75 Å². The first-order valence-electron chi connectivity index (χ1n) is 8.29. The number of nitrogens with one attached hydrogen (secondary N) is 1. The van der Waals surface area contributed by atoms with E-state index in [0.29, 0.717) is 0 Å². The van der Waals surface area contributed by atoms with E-state index < -0.39 is 5.41 Å². The molecule has 4 nitrogen and oxygen atoms in total. The molecule has 128 valence electrons. The summed E-state index contributed by atoms with van der Waals surface area (Å²) in [5, 5.41) is 3.32. The van der Waals surface area contributed by atoms with Gasteiger partial charge >= 0.3 is 0 Å². The van der Waals surface area contributed by atoms with Gasteiger partial charge in [0.05, 0.1) is 17.2 Å². The van der Waals surface area contributed by atoms with Crippen LogP contribution in [0, 0.1) is 0 Å². The Morgan fingerprint density at radius 1 is 1.46 bits per heavy atom. The first kappa shape index (κ1) is 16.9. The number of nitrogens with two attached hydrogens (primary N) is 1. The van der Waals surface area contributed by atoms with Crippen LogP contribution in [0.2, 0.25) is 0 Å². The molecule has 0 saturated heterocycles. The van der Waals surface area contributed by atoms with Crippen molar-refractivity contribution < 1.29 is 9.53 Å². The molecule has 0 radical (unpaired) electrons. The Bertz CT molecular complexity index is 716. The quantitative estimate of drug-likeness (QED) is 0.636. The number of halogens is 1. The zero-order valence-electron chi connectivity index (χ0n) is 14.1. The number of ether oxygens (including phenoxy) is 1. The largest absolute Gasteiger partial charge is 0.493 e. The molecule has 1 aliphatic carbocycles. The molecular formula is C19H23ClN2O2. The number of allylic oxidation sites excluding steroid dienone is 2. The highest BCUT2D eigenvalue weighted by Gasteiger charge is 2.51. The van der Waals surface area contributed by atoms with Crippen molar-refractivity contribution in [1.82, 2.24) is 5.32 Å². The molecule has 0 aromatic heterocycles. The summed E-state index contributed by atoms with van der Waals surface area (Å²) in [6, 6.07) is 6.11. The van der Waals surface area contributed by atoms with Crippen LogP contribution >= 0.6 is 11.6 Å². The summed E-state index contributed by atoms with van der Waals surface area (Å²) in [5.74, 6) is 0.998. The lowest BCUT2D eigenvalue weighted by Crippen LogP contribution is -2.39. The molecule has 2 aliphatic rings. The summed E-state index contributed by atoms with van der Waals surface area (Å²) >= 11 is 5.67. The van der Waals surface area contributed by atoms with Gasteiger partial charge in [-0.3, -0.25) is 4.79 Å². The van der Waals surface area contributed by atoms with E-state index in [4.69, 9.17) is 22.1 Å². The monoisotopic (exact) mass is 346 g/mol. The second-order valence-corrected chi connectivity index (χ2v) is 7.14. The SMILES string of the molecule is CC(=C/C(C)NC(=O)C1(c2ccc3c(c2)OCC3)CC1)/C=C(\N)Cl. The average molecular weight is 347 g/mol. The Labute approximate surface area is 147 Å². The fraction of sp³-hybridized carbons (Fsp3) is 0.421. The molecule has 1 aromatic rings. The minimum absolute atomic E-state index is 0.0693. The minimum atomic E-state index is -0.404. The maximum atomic E-state index is 12.8. The fourth-order valence-electron chi connectivity index (χ4n) is 3.28. The van der Waals surface area contributed by atoms with Gasteiger partial charge in [0.1, 0.15) is 5.75 Å². The third-order valence-electron chi connectivity index (χ3n) is 4.67. The van der Waals surface area contributed by atoms with Gasteiger partial charge in [-0.25, -0.2) is 0 Å². The normalized spacial score (nSPS) is 20.1. The maximum Gasteiger partial charge on any atom is 0.231 e. The van der Waals surface area contributed by atoms with E-state index in [0.717, 1.165) is 42.8 Å². The molecule has 1 heterocycles. The highest BCUT2D eigenvalue weighted by molar-refractivity contribution is 6.29. The standard InChI is InChI=1S/C19H23ClN2O2/c1-12(10-17(20)21)9-13(2)22-18(23)19(6-7-19)15-4-3-14-5-8-24-16(14)11-15/h3-4,9-11,13H,5-8,21H2,1-2H3,(H,22,23)/b12-9-,17-10-. The van der Waals surface area contributed by atoms with Crippen molar-refractivity contribution in [1.29, 1.82) is 0 Å². The first-order valence-corrected chi connectivity index (χ1v) is 8.67.